The molecule has 1 aromatic carbocycles. The van der Waals surface area contributed by atoms with Crippen LogP contribution >= 0.6 is 12.2 Å². The zero-order valence-corrected chi connectivity index (χ0v) is 12.3. The first-order chi connectivity index (χ1) is 9.01. The zero-order chi connectivity index (χ0) is 13.9. The number of hydrogen-bond donors (Lipinski definition) is 1. The van der Waals surface area contributed by atoms with E-state index >= 15 is 0 Å². The van der Waals surface area contributed by atoms with Crippen molar-refractivity contribution >= 4 is 27.2 Å². The summed E-state index contributed by atoms with van der Waals surface area (Å²) in [5.41, 5.74) is 5.56. The van der Waals surface area contributed by atoms with Gasteiger partial charge in [-0.25, -0.2) is 8.42 Å². The molecule has 0 radical (unpaired) electrons. The van der Waals surface area contributed by atoms with E-state index in [9.17, 15) is 8.42 Å². The molecule has 0 unspecified atom stereocenters. The molecule has 1 aliphatic rings. The van der Waals surface area contributed by atoms with Crippen LogP contribution in [0.15, 0.2) is 35.2 Å². The Bertz CT molecular complexity index is 537. The van der Waals surface area contributed by atoms with Gasteiger partial charge in [-0.05, 0) is 25.0 Å². The molecule has 1 fully saturated rings. The lowest BCUT2D eigenvalue weighted by Crippen LogP contribution is -2.43. The summed E-state index contributed by atoms with van der Waals surface area (Å²) in [6, 6.07) is 8.48. The molecule has 1 aromatic rings. The normalized spacial score (nSPS) is 16.9. The van der Waals surface area contributed by atoms with Crippen LogP contribution in [-0.4, -0.2) is 30.3 Å². The first-order valence-electron chi connectivity index (χ1n) is 6.37. The van der Waals surface area contributed by atoms with Gasteiger partial charge in [0, 0.05) is 6.04 Å². The highest BCUT2D eigenvalue weighted by atomic mass is 32.2. The molecule has 1 saturated carbocycles. The summed E-state index contributed by atoms with van der Waals surface area (Å²) in [5.74, 6) is 0. The Hall–Kier alpha value is -0.980. The Kier molecular flexibility index (Phi) is 4.54. The van der Waals surface area contributed by atoms with Crippen molar-refractivity contribution in [3.63, 3.8) is 0 Å². The smallest absolute Gasteiger partial charge is 0.243 e. The number of nitrogens with two attached hydrogens (primary N) is 1. The van der Waals surface area contributed by atoms with Gasteiger partial charge in [0.15, 0.2) is 0 Å². The van der Waals surface area contributed by atoms with Gasteiger partial charge in [-0.15, -0.1) is 0 Å². The van der Waals surface area contributed by atoms with Crippen molar-refractivity contribution < 1.29 is 8.42 Å². The molecule has 0 saturated heterocycles. The number of benzene rings is 1. The van der Waals surface area contributed by atoms with Gasteiger partial charge in [0.2, 0.25) is 10.0 Å². The minimum absolute atomic E-state index is 0.0201. The fourth-order valence-electron chi connectivity index (χ4n) is 2.48. The van der Waals surface area contributed by atoms with Crippen molar-refractivity contribution in [2.45, 2.75) is 36.6 Å². The molecule has 6 heteroatoms. The van der Waals surface area contributed by atoms with Crippen LogP contribution in [0.1, 0.15) is 25.7 Å². The lowest BCUT2D eigenvalue weighted by atomic mass is 10.2. The monoisotopic (exact) mass is 298 g/mol. The van der Waals surface area contributed by atoms with Crippen LogP contribution in [0.4, 0.5) is 0 Å². The molecule has 19 heavy (non-hydrogen) atoms. The number of nitrogens with zero attached hydrogens (tertiary/aromatic N) is 1. The second-order valence-corrected chi connectivity index (χ2v) is 7.18. The molecule has 2 N–H and O–H groups in total. The second kappa shape index (κ2) is 5.98. The minimum Gasteiger partial charge on any atom is -0.392 e. The average Bonchev–Trinajstić information content (AvgIpc) is 2.90. The molecule has 0 aromatic heterocycles. The molecule has 0 heterocycles. The maximum absolute atomic E-state index is 12.7. The van der Waals surface area contributed by atoms with Gasteiger partial charge in [-0.2, -0.15) is 4.31 Å². The quantitative estimate of drug-likeness (QED) is 0.843. The van der Waals surface area contributed by atoms with Gasteiger partial charge >= 0.3 is 0 Å². The number of hydrogen-bond acceptors (Lipinski definition) is 3. The summed E-state index contributed by atoms with van der Waals surface area (Å²) in [6.45, 7) is 0.122. The summed E-state index contributed by atoms with van der Waals surface area (Å²) in [5, 5.41) is 0. The van der Waals surface area contributed by atoms with Crippen LogP contribution in [0.25, 0.3) is 0 Å². The average molecular weight is 298 g/mol. The van der Waals surface area contributed by atoms with E-state index in [1.807, 2.05) is 0 Å². The largest absolute Gasteiger partial charge is 0.392 e. The Labute approximate surface area is 119 Å². The van der Waals surface area contributed by atoms with Crippen molar-refractivity contribution in [2.24, 2.45) is 5.73 Å². The van der Waals surface area contributed by atoms with E-state index in [1.165, 1.54) is 4.31 Å². The summed E-state index contributed by atoms with van der Waals surface area (Å²) >= 11 is 4.90. The maximum atomic E-state index is 12.7. The molecule has 0 spiro atoms. The fourth-order valence-corrected chi connectivity index (χ4v) is 4.39. The highest BCUT2D eigenvalue weighted by Crippen LogP contribution is 2.28. The lowest BCUT2D eigenvalue weighted by molar-refractivity contribution is 0.355. The van der Waals surface area contributed by atoms with Crippen LogP contribution < -0.4 is 5.73 Å². The molecular weight excluding hydrogens is 280 g/mol. The van der Waals surface area contributed by atoms with Crippen LogP contribution in [-0.2, 0) is 10.0 Å². The molecule has 0 bridgehead atoms. The van der Waals surface area contributed by atoms with E-state index in [2.05, 4.69) is 0 Å². The number of sulfonamides is 1. The summed E-state index contributed by atoms with van der Waals surface area (Å²) in [7, 11) is -3.51. The number of rotatable bonds is 5. The van der Waals surface area contributed by atoms with E-state index < -0.39 is 10.0 Å². The van der Waals surface area contributed by atoms with Crippen LogP contribution in [0.2, 0.25) is 0 Å². The predicted octanol–water partition coefficient (Wildman–Crippen LogP) is 1.91. The molecule has 2 rings (SSSR count). The second-order valence-electron chi connectivity index (χ2n) is 4.77. The van der Waals surface area contributed by atoms with E-state index in [4.69, 9.17) is 18.0 Å². The standard InChI is InChI=1S/C13H18N2O2S2/c14-13(18)10-15(11-6-4-5-7-11)19(16,17)12-8-2-1-3-9-12/h1-3,8-9,11H,4-7,10H2,(H2,14,18). The van der Waals surface area contributed by atoms with Gasteiger partial charge < -0.3 is 5.73 Å². The Morgan fingerprint density at radius 3 is 2.37 bits per heavy atom. The Morgan fingerprint density at radius 1 is 1.26 bits per heavy atom. The van der Waals surface area contributed by atoms with Gasteiger partial charge in [0.25, 0.3) is 0 Å². The van der Waals surface area contributed by atoms with Gasteiger partial charge in [-0.3, -0.25) is 0 Å². The van der Waals surface area contributed by atoms with Crippen molar-refractivity contribution in [3.05, 3.63) is 30.3 Å². The maximum Gasteiger partial charge on any atom is 0.243 e. The number of thiocarbonyl (C=S) groups is 1. The van der Waals surface area contributed by atoms with Gasteiger partial charge in [-0.1, -0.05) is 43.3 Å². The van der Waals surface area contributed by atoms with E-state index in [0.29, 0.717) is 4.90 Å². The van der Waals surface area contributed by atoms with E-state index in [0.717, 1.165) is 25.7 Å². The van der Waals surface area contributed by atoms with Crippen molar-refractivity contribution in [1.29, 1.82) is 0 Å². The van der Waals surface area contributed by atoms with Crippen LogP contribution in [0.3, 0.4) is 0 Å². The first kappa shape index (κ1) is 14.4. The lowest BCUT2D eigenvalue weighted by Gasteiger charge is -2.27. The first-order valence-corrected chi connectivity index (χ1v) is 8.22. The third-order valence-corrected chi connectivity index (χ3v) is 5.44. The summed E-state index contributed by atoms with van der Waals surface area (Å²) in [6.07, 6.45) is 3.88. The fraction of sp³-hybridized carbons (Fsp3) is 0.462. The third kappa shape index (κ3) is 3.32. The van der Waals surface area contributed by atoms with Crippen LogP contribution in [0, 0.1) is 0 Å². The van der Waals surface area contributed by atoms with E-state index in [1.54, 1.807) is 30.3 Å². The Balaban J connectivity index is 2.34. The molecular formula is C13H18N2O2S2. The van der Waals surface area contributed by atoms with Gasteiger partial charge in [0.1, 0.15) is 0 Å². The van der Waals surface area contributed by atoms with E-state index in [-0.39, 0.29) is 17.6 Å². The van der Waals surface area contributed by atoms with Crippen molar-refractivity contribution in [2.75, 3.05) is 6.54 Å². The molecule has 1 aliphatic carbocycles. The topological polar surface area (TPSA) is 63.4 Å². The highest BCUT2D eigenvalue weighted by Gasteiger charge is 2.33. The molecule has 0 aliphatic heterocycles. The molecule has 4 nitrogen and oxygen atoms in total. The highest BCUT2D eigenvalue weighted by molar-refractivity contribution is 7.89. The van der Waals surface area contributed by atoms with Crippen molar-refractivity contribution in [1.82, 2.24) is 4.31 Å². The molecule has 0 amide bonds. The Morgan fingerprint density at radius 2 is 1.84 bits per heavy atom. The minimum atomic E-state index is -3.51. The van der Waals surface area contributed by atoms with Gasteiger partial charge in [0.05, 0.1) is 16.4 Å². The third-order valence-electron chi connectivity index (χ3n) is 3.39. The summed E-state index contributed by atoms with van der Waals surface area (Å²) < 4.78 is 26.8. The SMILES string of the molecule is NC(=S)CN(C1CCCC1)S(=O)(=O)c1ccccc1. The van der Waals surface area contributed by atoms with Crippen molar-refractivity contribution in [3.8, 4) is 0 Å². The summed E-state index contributed by atoms with van der Waals surface area (Å²) in [4.78, 5) is 0.518. The van der Waals surface area contributed by atoms with Crippen LogP contribution in [0.5, 0.6) is 0 Å². The zero-order valence-electron chi connectivity index (χ0n) is 10.7. The molecule has 104 valence electrons. The molecule has 0 atom stereocenters. The predicted molar refractivity (Wildman–Crippen MR) is 79.4 cm³/mol.